The molecule has 6 nitrogen and oxygen atoms in total. The second-order valence-electron chi connectivity index (χ2n) is 5.70. The van der Waals surface area contributed by atoms with Gasteiger partial charge in [-0.1, -0.05) is 11.6 Å². The first-order chi connectivity index (χ1) is 12.3. The van der Waals surface area contributed by atoms with Crippen molar-refractivity contribution >= 4 is 38.9 Å². The fourth-order valence-electron chi connectivity index (χ4n) is 2.57. The second kappa shape index (κ2) is 7.51. The van der Waals surface area contributed by atoms with E-state index in [2.05, 4.69) is 5.32 Å². The van der Waals surface area contributed by atoms with Crippen LogP contribution in [0.5, 0.6) is 5.75 Å². The van der Waals surface area contributed by atoms with Crippen LogP contribution in [0.15, 0.2) is 42.5 Å². The van der Waals surface area contributed by atoms with Gasteiger partial charge in [0.2, 0.25) is 10.0 Å². The predicted molar refractivity (Wildman–Crippen MR) is 97.7 cm³/mol. The molecule has 0 unspecified atom stereocenters. The molecule has 0 spiro atoms. The number of anilines is 2. The Hall–Kier alpha value is -2.32. The molecule has 0 saturated carbocycles. The molecule has 9 heteroatoms. The van der Waals surface area contributed by atoms with E-state index in [4.69, 9.17) is 16.3 Å². The third-order valence-corrected chi connectivity index (χ3v) is 5.96. The predicted octanol–water partition coefficient (Wildman–Crippen LogP) is 3.04. The van der Waals surface area contributed by atoms with Gasteiger partial charge in [-0.25, -0.2) is 12.8 Å². The fraction of sp³-hybridized carbons (Fsp3) is 0.235. The number of ether oxygens (including phenoxy) is 1. The highest BCUT2D eigenvalue weighted by Crippen LogP contribution is 2.33. The maximum Gasteiger partial charge on any atom is 0.262 e. The van der Waals surface area contributed by atoms with Gasteiger partial charge in [0.05, 0.1) is 16.5 Å². The number of benzene rings is 2. The Balaban J connectivity index is 1.67. The SMILES string of the molecule is O=C(COc1ccc(F)cc1)Nc1ccc(Cl)c(N2CCCS2(=O)=O)c1. The summed E-state index contributed by atoms with van der Waals surface area (Å²) in [5, 5.41) is 2.91. The quantitative estimate of drug-likeness (QED) is 0.839. The van der Waals surface area contributed by atoms with Gasteiger partial charge in [0.15, 0.2) is 6.61 Å². The number of carbonyl (C=O) groups excluding carboxylic acids is 1. The normalized spacial score (nSPS) is 15.7. The first-order valence-corrected chi connectivity index (χ1v) is 9.82. The number of nitrogens with one attached hydrogen (secondary N) is 1. The van der Waals surface area contributed by atoms with Gasteiger partial charge >= 0.3 is 0 Å². The number of sulfonamides is 1. The molecule has 1 amide bonds. The van der Waals surface area contributed by atoms with Crippen molar-refractivity contribution in [2.24, 2.45) is 0 Å². The zero-order valence-electron chi connectivity index (χ0n) is 13.6. The van der Waals surface area contributed by atoms with Crippen LogP contribution in [0, 0.1) is 5.82 Å². The molecule has 26 heavy (non-hydrogen) atoms. The van der Waals surface area contributed by atoms with Gasteiger partial charge < -0.3 is 10.1 Å². The van der Waals surface area contributed by atoms with E-state index in [0.717, 1.165) is 0 Å². The molecule has 2 aromatic rings. The standard InChI is InChI=1S/C17H16ClFN2O4S/c18-15-7-4-13(10-16(15)21-8-1-9-26(21,23)24)20-17(22)11-25-14-5-2-12(19)3-6-14/h2-7,10H,1,8-9,11H2,(H,20,22). The lowest BCUT2D eigenvalue weighted by Crippen LogP contribution is -2.26. The number of rotatable bonds is 5. The second-order valence-corrected chi connectivity index (χ2v) is 8.12. The van der Waals surface area contributed by atoms with Crippen molar-refractivity contribution < 1.29 is 22.3 Å². The zero-order valence-corrected chi connectivity index (χ0v) is 15.2. The van der Waals surface area contributed by atoms with Crippen molar-refractivity contribution in [1.29, 1.82) is 0 Å². The molecule has 2 aromatic carbocycles. The van der Waals surface area contributed by atoms with Gasteiger partial charge in [-0.2, -0.15) is 0 Å². The van der Waals surface area contributed by atoms with Gasteiger partial charge in [-0.3, -0.25) is 9.10 Å². The molecule has 1 saturated heterocycles. The Labute approximate surface area is 155 Å². The lowest BCUT2D eigenvalue weighted by molar-refractivity contribution is -0.118. The van der Waals surface area contributed by atoms with Gasteiger partial charge in [-0.15, -0.1) is 0 Å². The lowest BCUT2D eigenvalue weighted by atomic mass is 10.2. The summed E-state index contributed by atoms with van der Waals surface area (Å²) in [5.41, 5.74) is 0.737. The van der Waals surface area contributed by atoms with E-state index in [9.17, 15) is 17.6 Å². The van der Waals surface area contributed by atoms with Crippen LogP contribution < -0.4 is 14.4 Å². The van der Waals surface area contributed by atoms with Crippen LogP contribution >= 0.6 is 11.6 Å². The number of halogens is 2. The van der Waals surface area contributed by atoms with Crippen LogP contribution in [-0.4, -0.2) is 33.2 Å². The van der Waals surface area contributed by atoms with Crippen molar-refractivity contribution in [3.05, 3.63) is 53.3 Å². The van der Waals surface area contributed by atoms with E-state index in [1.165, 1.54) is 40.7 Å². The van der Waals surface area contributed by atoms with E-state index in [0.29, 0.717) is 30.1 Å². The number of carbonyl (C=O) groups is 1. The van der Waals surface area contributed by atoms with Crippen LogP contribution in [0.3, 0.4) is 0 Å². The van der Waals surface area contributed by atoms with Crippen LogP contribution in [0.4, 0.5) is 15.8 Å². The minimum Gasteiger partial charge on any atom is -0.484 e. The number of hydrogen-bond acceptors (Lipinski definition) is 4. The molecule has 1 aliphatic heterocycles. The van der Waals surface area contributed by atoms with Crippen LogP contribution in [0.2, 0.25) is 5.02 Å². The Morgan fingerprint density at radius 2 is 1.96 bits per heavy atom. The molecule has 1 heterocycles. The van der Waals surface area contributed by atoms with E-state index < -0.39 is 21.7 Å². The average molecular weight is 399 g/mol. The summed E-state index contributed by atoms with van der Waals surface area (Å²) in [6.45, 7) is 0.0821. The monoisotopic (exact) mass is 398 g/mol. The van der Waals surface area contributed by atoms with Crippen molar-refractivity contribution in [2.75, 3.05) is 28.5 Å². The molecule has 1 N–H and O–H groups in total. The van der Waals surface area contributed by atoms with Gasteiger partial charge in [0, 0.05) is 12.2 Å². The van der Waals surface area contributed by atoms with Gasteiger partial charge in [0.1, 0.15) is 11.6 Å². The molecular formula is C17H16ClFN2O4S. The summed E-state index contributed by atoms with van der Waals surface area (Å²) in [6.07, 6.45) is 0.529. The molecule has 138 valence electrons. The molecule has 3 rings (SSSR count). The van der Waals surface area contributed by atoms with E-state index in [1.807, 2.05) is 0 Å². The minimum absolute atomic E-state index is 0.0748. The smallest absolute Gasteiger partial charge is 0.262 e. The summed E-state index contributed by atoms with van der Waals surface area (Å²) in [7, 11) is -3.38. The molecule has 1 aliphatic rings. The molecule has 0 aliphatic carbocycles. The Kier molecular flexibility index (Phi) is 5.33. The highest BCUT2D eigenvalue weighted by molar-refractivity contribution is 7.93. The van der Waals surface area contributed by atoms with E-state index >= 15 is 0 Å². The Morgan fingerprint density at radius 1 is 1.23 bits per heavy atom. The minimum atomic E-state index is -3.38. The Morgan fingerprint density at radius 3 is 2.62 bits per heavy atom. The highest BCUT2D eigenvalue weighted by atomic mass is 35.5. The van der Waals surface area contributed by atoms with Crippen molar-refractivity contribution in [3.63, 3.8) is 0 Å². The Bertz CT molecular complexity index is 919. The molecule has 0 radical (unpaired) electrons. The summed E-state index contributed by atoms with van der Waals surface area (Å²) < 4.78 is 43.5. The molecular weight excluding hydrogens is 383 g/mol. The molecule has 1 fully saturated rings. The largest absolute Gasteiger partial charge is 0.484 e. The van der Waals surface area contributed by atoms with Crippen LogP contribution in [-0.2, 0) is 14.8 Å². The summed E-state index contributed by atoms with van der Waals surface area (Å²) >= 11 is 6.12. The highest BCUT2D eigenvalue weighted by Gasteiger charge is 2.30. The summed E-state index contributed by atoms with van der Waals surface area (Å²) in [6, 6.07) is 9.92. The summed E-state index contributed by atoms with van der Waals surface area (Å²) in [5.74, 6) is -0.397. The van der Waals surface area contributed by atoms with Gasteiger partial charge in [-0.05, 0) is 48.9 Å². The third kappa shape index (κ3) is 4.25. The lowest BCUT2D eigenvalue weighted by Gasteiger charge is -2.19. The zero-order chi connectivity index (χ0) is 18.7. The number of hydrogen-bond donors (Lipinski definition) is 1. The van der Waals surface area contributed by atoms with Crippen LogP contribution in [0.1, 0.15) is 6.42 Å². The maximum absolute atomic E-state index is 12.8. The molecule has 0 bridgehead atoms. The number of amides is 1. The average Bonchev–Trinajstić information content (AvgIpc) is 2.95. The fourth-order valence-corrected chi connectivity index (χ4v) is 4.41. The van der Waals surface area contributed by atoms with Crippen molar-refractivity contribution in [3.8, 4) is 5.75 Å². The number of nitrogens with zero attached hydrogens (tertiary/aromatic N) is 1. The first kappa shape index (κ1) is 18.5. The molecule has 0 aromatic heterocycles. The maximum atomic E-state index is 12.8. The topological polar surface area (TPSA) is 75.7 Å². The molecule has 0 atom stereocenters. The van der Waals surface area contributed by atoms with Crippen LogP contribution in [0.25, 0.3) is 0 Å². The van der Waals surface area contributed by atoms with Crippen molar-refractivity contribution in [1.82, 2.24) is 0 Å². The first-order valence-electron chi connectivity index (χ1n) is 7.83. The van der Waals surface area contributed by atoms with E-state index in [-0.39, 0.29) is 17.4 Å². The third-order valence-electron chi connectivity index (χ3n) is 3.78. The van der Waals surface area contributed by atoms with Crippen molar-refractivity contribution in [2.45, 2.75) is 6.42 Å². The summed E-state index contributed by atoms with van der Waals surface area (Å²) in [4.78, 5) is 12.0. The van der Waals surface area contributed by atoms with Gasteiger partial charge in [0.25, 0.3) is 5.91 Å². The van der Waals surface area contributed by atoms with E-state index in [1.54, 1.807) is 6.07 Å².